The predicted octanol–water partition coefficient (Wildman–Crippen LogP) is 3.68. The molecule has 0 rings (SSSR count). The van der Waals surface area contributed by atoms with Gasteiger partial charge < -0.3 is 9.47 Å². The first-order valence-corrected chi connectivity index (χ1v) is 8.12. The Bertz CT molecular complexity index is 197. The molecule has 0 aliphatic heterocycles. The highest BCUT2D eigenvalue weighted by Gasteiger charge is 1.99. The average molecular weight is 294 g/mol. The van der Waals surface area contributed by atoms with Gasteiger partial charge >= 0.3 is 11.9 Å². The lowest BCUT2D eigenvalue weighted by Crippen LogP contribution is -2.09. The van der Waals surface area contributed by atoms with Crippen LogP contribution in [0.5, 0.6) is 0 Å². The smallest absolute Gasteiger partial charge is 0.302 e. The second kappa shape index (κ2) is 17.3. The molecule has 0 saturated carbocycles. The van der Waals surface area contributed by atoms with Gasteiger partial charge in [0.1, 0.15) is 0 Å². The zero-order valence-electron chi connectivity index (χ0n) is 13.6. The molecule has 19 heavy (non-hydrogen) atoms. The van der Waals surface area contributed by atoms with E-state index < -0.39 is 0 Å². The lowest BCUT2D eigenvalue weighted by molar-refractivity contribution is -0.146. The fraction of sp³-hybridized carbons (Fsp3) is 0.857. The van der Waals surface area contributed by atoms with Crippen molar-refractivity contribution in [2.45, 2.75) is 66.6 Å². The Kier molecular flexibility index (Phi) is 21.3. The van der Waals surface area contributed by atoms with Crippen molar-refractivity contribution in [3.8, 4) is 0 Å². The molecule has 0 bridgehead atoms. The maximum Gasteiger partial charge on any atom is 0.302 e. The molecule has 0 heterocycles. The monoisotopic (exact) mass is 294 g/mol. The first kappa shape index (κ1) is 23.4. The van der Waals surface area contributed by atoms with Crippen LogP contribution in [0.3, 0.4) is 0 Å². The molecule has 0 aliphatic rings. The van der Waals surface area contributed by atoms with Gasteiger partial charge in [0.05, 0.1) is 12.2 Å². The summed E-state index contributed by atoms with van der Waals surface area (Å²) in [7, 11) is 0. The third-order valence-corrected chi connectivity index (χ3v) is 1.88. The summed E-state index contributed by atoms with van der Waals surface area (Å²) in [6.07, 6.45) is 6.01. The Labute approximate surface area is 122 Å². The molecule has 0 radical (unpaired) electrons. The van der Waals surface area contributed by atoms with Crippen molar-refractivity contribution < 1.29 is 19.1 Å². The van der Waals surface area contributed by atoms with Crippen LogP contribution < -0.4 is 0 Å². The maximum atomic E-state index is 10.2. The van der Waals surface area contributed by atoms with Gasteiger partial charge in [0, 0.05) is 13.8 Å². The summed E-state index contributed by atoms with van der Waals surface area (Å²) in [5, 5.41) is 0. The first-order chi connectivity index (χ1) is 8.74. The molecule has 0 aromatic heterocycles. The third-order valence-electron chi connectivity index (χ3n) is 1.88. The Hall–Kier alpha value is -0.710. The van der Waals surface area contributed by atoms with Crippen molar-refractivity contribution >= 4 is 23.7 Å². The Balaban J connectivity index is -0.000000224. The molecule has 0 aliphatic carbocycles. The van der Waals surface area contributed by atoms with Gasteiger partial charge in [0.15, 0.2) is 0 Å². The predicted molar refractivity (Wildman–Crippen MR) is 82.5 cm³/mol. The second-order valence-corrected chi connectivity index (χ2v) is 4.88. The minimum atomic E-state index is -0.195. The summed E-state index contributed by atoms with van der Waals surface area (Å²) in [6, 6.07) is 0. The summed E-state index contributed by atoms with van der Waals surface area (Å²) < 4.78 is 9.52. The molecule has 2 atom stereocenters. The number of esters is 2. The third kappa shape index (κ3) is 31.7. The zero-order chi connectivity index (χ0) is 15.8. The quantitative estimate of drug-likeness (QED) is 0.740. The molecular weight excluding hydrogens is 264 g/mol. The molecule has 0 amide bonds. The van der Waals surface area contributed by atoms with Gasteiger partial charge in [0.25, 0.3) is 0 Å². The molecule has 0 spiro atoms. The zero-order valence-corrected chi connectivity index (χ0v) is 14.4. The van der Waals surface area contributed by atoms with E-state index in [0.29, 0.717) is 0 Å². The van der Waals surface area contributed by atoms with Crippen LogP contribution in [0.1, 0.15) is 54.4 Å². The fourth-order valence-corrected chi connectivity index (χ4v) is 0.733. The van der Waals surface area contributed by atoms with Crippen molar-refractivity contribution in [2.75, 3.05) is 12.5 Å². The highest BCUT2D eigenvalue weighted by atomic mass is 32.2. The molecule has 0 aromatic carbocycles. The van der Waals surface area contributed by atoms with Crippen LogP contribution in [0, 0.1) is 0 Å². The van der Waals surface area contributed by atoms with E-state index in [4.69, 9.17) is 9.47 Å². The lowest BCUT2D eigenvalue weighted by Gasteiger charge is -2.06. The van der Waals surface area contributed by atoms with E-state index in [9.17, 15) is 9.59 Å². The second-order valence-electron chi connectivity index (χ2n) is 4.06. The average Bonchev–Trinajstić information content (AvgIpc) is 2.29. The van der Waals surface area contributed by atoms with Crippen LogP contribution in [-0.2, 0) is 19.1 Å². The topological polar surface area (TPSA) is 52.6 Å². The number of carbonyl (C=O) groups excluding carboxylic acids is 2. The molecular formula is C14H30O4S. The minimum Gasteiger partial charge on any atom is -0.463 e. The molecule has 5 heteroatoms. The summed E-state index contributed by atoms with van der Waals surface area (Å²) in [5.74, 6) is -0.390. The van der Waals surface area contributed by atoms with Crippen LogP contribution in [0.2, 0.25) is 0 Å². The van der Waals surface area contributed by atoms with Crippen molar-refractivity contribution in [1.82, 2.24) is 0 Å². The standard InChI is InChI=1S/2C6H12O2.C2H6S/c2*1-4-5(2)8-6(3)7;1-3-2/h2*5H,4H2,1-3H3;1-2H3. The Morgan fingerprint density at radius 3 is 1.16 bits per heavy atom. The maximum absolute atomic E-state index is 10.2. The van der Waals surface area contributed by atoms with Gasteiger partial charge in [-0.2, -0.15) is 11.8 Å². The van der Waals surface area contributed by atoms with Crippen molar-refractivity contribution in [2.24, 2.45) is 0 Å². The van der Waals surface area contributed by atoms with E-state index in [1.54, 1.807) is 11.8 Å². The van der Waals surface area contributed by atoms with Crippen LogP contribution in [0.15, 0.2) is 0 Å². The minimum absolute atomic E-state index is 0.0764. The van der Waals surface area contributed by atoms with E-state index in [2.05, 4.69) is 0 Å². The number of hydrogen-bond acceptors (Lipinski definition) is 5. The summed E-state index contributed by atoms with van der Waals surface area (Å²) in [5.41, 5.74) is 0. The largest absolute Gasteiger partial charge is 0.463 e. The summed E-state index contributed by atoms with van der Waals surface area (Å²) >= 11 is 1.75. The van der Waals surface area contributed by atoms with E-state index in [1.807, 2.05) is 40.2 Å². The fourth-order valence-electron chi connectivity index (χ4n) is 0.733. The molecule has 0 N–H and O–H groups in total. The van der Waals surface area contributed by atoms with Gasteiger partial charge in [-0.05, 0) is 39.2 Å². The first-order valence-electron chi connectivity index (χ1n) is 6.49. The number of hydrogen-bond donors (Lipinski definition) is 0. The van der Waals surface area contributed by atoms with Crippen LogP contribution in [0.25, 0.3) is 0 Å². The van der Waals surface area contributed by atoms with Gasteiger partial charge in [0.2, 0.25) is 0 Å². The van der Waals surface area contributed by atoms with E-state index in [-0.39, 0.29) is 24.1 Å². The number of carbonyl (C=O) groups is 2. The van der Waals surface area contributed by atoms with E-state index in [0.717, 1.165) is 12.8 Å². The van der Waals surface area contributed by atoms with Gasteiger partial charge in [-0.1, -0.05) is 13.8 Å². The molecule has 0 fully saturated rings. The van der Waals surface area contributed by atoms with Crippen molar-refractivity contribution in [3.05, 3.63) is 0 Å². The van der Waals surface area contributed by atoms with Crippen LogP contribution >= 0.6 is 11.8 Å². The molecule has 4 nitrogen and oxygen atoms in total. The number of thioether (sulfide) groups is 1. The van der Waals surface area contributed by atoms with E-state index >= 15 is 0 Å². The molecule has 116 valence electrons. The summed E-state index contributed by atoms with van der Waals surface area (Å²) in [4.78, 5) is 20.4. The summed E-state index contributed by atoms with van der Waals surface area (Å²) in [6.45, 7) is 10.6. The van der Waals surface area contributed by atoms with Gasteiger partial charge in [-0.3, -0.25) is 9.59 Å². The lowest BCUT2D eigenvalue weighted by atomic mass is 10.3. The number of ether oxygens (including phenoxy) is 2. The molecule has 0 saturated heterocycles. The van der Waals surface area contributed by atoms with Gasteiger partial charge in [-0.15, -0.1) is 0 Å². The van der Waals surface area contributed by atoms with Crippen molar-refractivity contribution in [3.63, 3.8) is 0 Å². The normalized spacial score (nSPS) is 11.8. The Morgan fingerprint density at radius 2 is 1.11 bits per heavy atom. The van der Waals surface area contributed by atoms with E-state index in [1.165, 1.54) is 13.8 Å². The van der Waals surface area contributed by atoms with Crippen LogP contribution in [-0.4, -0.2) is 36.7 Å². The SMILES string of the molecule is CCC(C)OC(C)=O.CCC(C)OC(C)=O.CSC. The molecule has 0 aromatic rings. The number of rotatable bonds is 4. The highest BCUT2D eigenvalue weighted by Crippen LogP contribution is 1.95. The van der Waals surface area contributed by atoms with Crippen molar-refractivity contribution in [1.29, 1.82) is 0 Å². The van der Waals surface area contributed by atoms with Gasteiger partial charge in [-0.25, -0.2) is 0 Å². The Morgan fingerprint density at radius 1 is 0.895 bits per heavy atom. The van der Waals surface area contributed by atoms with Crippen LogP contribution in [0.4, 0.5) is 0 Å². The molecule has 2 unspecified atom stereocenters. The highest BCUT2D eigenvalue weighted by molar-refractivity contribution is 7.97.